The van der Waals surface area contributed by atoms with Gasteiger partial charge in [-0.1, -0.05) is 78.9 Å². The molecular formula is C23H20N2O. The van der Waals surface area contributed by atoms with Gasteiger partial charge in [-0.3, -0.25) is 0 Å². The van der Waals surface area contributed by atoms with E-state index in [1.165, 1.54) is 11.1 Å². The lowest BCUT2D eigenvalue weighted by Crippen LogP contribution is -2.48. The minimum absolute atomic E-state index is 0.181. The number of para-hydroxylation sites is 1. The molecule has 0 spiro atoms. The van der Waals surface area contributed by atoms with Crippen LogP contribution in [0.2, 0.25) is 0 Å². The zero-order chi connectivity index (χ0) is 17.6. The second kappa shape index (κ2) is 5.73. The van der Waals surface area contributed by atoms with E-state index in [2.05, 4.69) is 78.7 Å². The van der Waals surface area contributed by atoms with Gasteiger partial charge in [-0.25, -0.2) is 5.01 Å². The van der Waals surface area contributed by atoms with Crippen molar-refractivity contribution < 1.29 is 4.74 Å². The summed E-state index contributed by atoms with van der Waals surface area (Å²) < 4.78 is 6.52. The molecule has 0 aliphatic carbocycles. The van der Waals surface area contributed by atoms with E-state index in [0.29, 0.717) is 0 Å². The second-order valence-electron chi connectivity index (χ2n) is 6.97. The number of hydrogen-bond acceptors (Lipinski definition) is 3. The highest BCUT2D eigenvalue weighted by atomic mass is 16.5. The maximum atomic E-state index is 6.52. The van der Waals surface area contributed by atoms with Crippen LogP contribution in [0.4, 0.5) is 0 Å². The molecule has 26 heavy (non-hydrogen) atoms. The zero-order valence-electron chi connectivity index (χ0n) is 14.7. The van der Waals surface area contributed by atoms with Crippen LogP contribution in [0.1, 0.15) is 36.1 Å². The molecule has 2 aliphatic rings. The Kier molecular flexibility index (Phi) is 3.35. The minimum Gasteiger partial charge on any atom is -0.462 e. The van der Waals surface area contributed by atoms with Crippen molar-refractivity contribution in [2.45, 2.75) is 25.1 Å². The number of rotatable bonds is 2. The summed E-state index contributed by atoms with van der Waals surface area (Å²) in [5, 5.41) is 7.18. The maximum Gasteiger partial charge on any atom is 0.221 e. The summed E-state index contributed by atoms with van der Waals surface area (Å²) in [6, 6.07) is 29.3. The Bertz CT molecular complexity index is 968. The monoisotopic (exact) mass is 340 g/mol. The first-order valence-corrected chi connectivity index (χ1v) is 9.01. The van der Waals surface area contributed by atoms with Gasteiger partial charge >= 0.3 is 0 Å². The van der Waals surface area contributed by atoms with Crippen LogP contribution >= 0.6 is 0 Å². The van der Waals surface area contributed by atoms with E-state index in [9.17, 15) is 0 Å². The lowest BCUT2D eigenvalue weighted by molar-refractivity contribution is -0.112. The van der Waals surface area contributed by atoms with Gasteiger partial charge in [0.05, 0.1) is 11.8 Å². The highest BCUT2D eigenvalue weighted by molar-refractivity contribution is 6.01. The Hall–Kier alpha value is -3.07. The summed E-state index contributed by atoms with van der Waals surface area (Å²) in [6.07, 6.45) is 0.882. The molecule has 3 aromatic rings. The van der Waals surface area contributed by atoms with E-state index >= 15 is 0 Å². The topological polar surface area (TPSA) is 24.8 Å². The minimum atomic E-state index is -0.628. The number of fused-ring (bicyclic) bond motifs is 3. The standard InChI is InChI=1S/C23H20N2O/c1-23(18-12-6-3-7-13-18)25-21(19-14-8-9-15-22(19)26-23)16-20(24-25)17-10-4-2-5-11-17/h2-15,21H,16H2,1H3/t21-,23+/m1/s1. The normalized spacial score (nSPS) is 23.7. The van der Waals surface area contributed by atoms with Gasteiger partial charge in [0.2, 0.25) is 5.72 Å². The van der Waals surface area contributed by atoms with Crippen molar-refractivity contribution in [2.75, 3.05) is 0 Å². The van der Waals surface area contributed by atoms with Crippen molar-refractivity contribution in [2.24, 2.45) is 5.10 Å². The van der Waals surface area contributed by atoms with Gasteiger partial charge in [0.25, 0.3) is 0 Å². The molecule has 0 aromatic heterocycles. The van der Waals surface area contributed by atoms with Crippen LogP contribution in [0.5, 0.6) is 5.75 Å². The van der Waals surface area contributed by atoms with Gasteiger partial charge in [-0.15, -0.1) is 0 Å². The molecule has 0 bridgehead atoms. The fraction of sp³-hybridized carbons (Fsp3) is 0.174. The van der Waals surface area contributed by atoms with Crippen LogP contribution in [0, 0.1) is 0 Å². The molecule has 128 valence electrons. The van der Waals surface area contributed by atoms with Crippen LogP contribution in [0.3, 0.4) is 0 Å². The molecule has 0 saturated carbocycles. The second-order valence-corrected chi connectivity index (χ2v) is 6.97. The summed E-state index contributed by atoms with van der Waals surface area (Å²) >= 11 is 0. The molecule has 2 aliphatic heterocycles. The van der Waals surface area contributed by atoms with Gasteiger partial charge in [0, 0.05) is 24.5 Å². The Balaban J connectivity index is 1.66. The summed E-state index contributed by atoms with van der Waals surface area (Å²) in [7, 11) is 0. The third-order valence-corrected chi connectivity index (χ3v) is 5.35. The molecule has 0 amide bonds. The molecule has 2 heterocycles. The quantitative estimate of drug-likeness (QED) is 0.648. The summed E-state index contributed by atoms with van der Waals surface area (Å²) in [5.41, 5.74) is 3.97. The third-order valence-electron chi connectivity index (χ3n) is 5.35. The van der Waals surface area contributed by atoms with E-state index in [0.717, 1.165) is 23.4 Å². The number of nitrogens with zero attached hydrogens (tertiary/aromatic N) is 2. The first-order valence-electron chi connectivity index (χ1n) is 9.01. The van der Waals surface area contributed by atoms with Crippen molar-refractivity contribution >= 4 is 5.71 Å². The molecule has 0 unspecified atom stereocenters. The maximum absolute atomic E-state index is 6.52. The van der Waals surface area contributed by atoms with Crippen molar-refractivity contribution in [1.29, 1.82) is 0 Å². The van der Waals surface area contributed by atoms with Gasteiger partial charge < -0.3 is 4.74 Å². The van der Waals surface area contributed by atoms with Crippen molar-refractivity contribution in [3.63, 3.8) is 0 Å². The smallest absolute Gasteiger partial charge is 0.221 e. The Labute approximate surface area is 153 Å². The van der Waals surface area contributed by atoms with Crippen LogP contribution in [-0.2, 0) is 5.72 Å². The van der Waals surface area contributed by atoms with Crippen LogP contribution in [0.15, 0.2) is 90.0 Å². The van der Waals surface area contributed by atoms with E-state index in [4.69, 9.17) is 9.84 Å². The van der Waals surface area contributed by atoms with E-state index in [1.54, 1.807) is 0 Å². The van der Waals surface area contributed by atoms with Crippen LogP contribution in [0.25, 0.3) is 0 Å². The van der Waals surface area contributed by atoms with Crippen LogP contribution in [-0.4, -0.2) is 10.7 Å². The summed E-state index contributed by atoms with van der Waals surface area (Å²) in [4.78, 5) is 0. The molecule has 3 aromatic carbocycles. The lowest BCUT2D eigenvalue weighted by atomic mass is 9.92. The highest BCUT2D eigenvalue weighted by Crippen LogP contribution is 2.50. The van der Waals surface area contributed by atoms with Crippen molar-refractivity contribution in [1.82, 2.24) is 5.01 Å². The molecule has 0 N–H and O–H groups in total. The Morgan fingerprint density at radius 3 is 2.31 bits per heavy atom. The zero-order valence-corrected chi connectivity index (χ0v) is 14.7. The van der Waals surface area contributed by atoms with Gasteiger partial charge in [-0.05, 0) is 11.6 Å². The fourth-order valence-corrected chi connectivity index (χ4v) is 4.00. The Morgan fingerprint density at radius 2 is 1.54 bits per heavy atom. The molecule has 5 rings (SSSR count). The van der Waals surface area contributed by atoms with E-state index in [-0.39, 0.29) is 6.04 Å². The third kappa shape index (κ3) is 2.24. The van der Waals surface area contributed by atoms with Gasteiger partial charge in [0.15, 0.2) is 0 Å². The predicted octanol–water partition coefficient (Wildman–Crippen LogP) is 5.10. The van der Waals surface area contributed by atoms with Gasteiger partial charge in [0.1, 0.15) is 5.75 Å². The average Bonchev–Trinajstić information content (AvgIpc) is 3.16. The van der Waals surface area contributed by atoms with Crippen molar-refractivity contribution in [3.8, 4) is 5.75 Å². The predicted molar refractivity (Wildman–Crippen MR) is 103 cm³/mol. The first-order chi connectivity index (χ1) is 12.8. The largest absolute Gasteiger partial charge is 0.462 e. The highest BCUT2D eigenvalue weighted by Gasteiger charge is 2.48. The number of ether oxygens (including phenoxy) is 1. The van der Waals surface area contributed by atoms with Gasteiger partial charge in [-0.2, -0.15) is 5.10 Å². The number of hydrogen-bond donors (Lipinski definition) is 0. The fourth-order valence-electron chi connectivity index (χ4n) is 4.00. The first kappa shape index (κ1) is 15.2. The Morgan fingerprint density at radius 1 is 0.885 bits per heavy atom. The molecule has 2 atom stereocenters. The summed E-state index contributed by atoms with van der Waals surface area (Å²) in [6.45, 7) is 2.11. The SMILES string of the molecule is C[C@@]1(c2ccccc2)Oc2ccccc2[C@H]2CC(c3ccccc3)=NN21. The number of hydrazone groups is 1. The van der Waals surface area contributed by atoms with E-state index in [1.807, 2.05) is 18.2 Å². The van der Waals surface area contributed by atoms with Crippen molar-refractivity contribution in [3.05, 3.63) is 102 Å². The molecule has 0 fully saturated rings. The summed E-state index contributed by atoms with van der Waals surface area (Å²) in [5.74, 6) is 0.949. The molecule has 3 heteroatoms. The molecule has 0 radical (unpaired) electrons. The molecular weight excluding hydrogens is 320 g/mol. The number of benzene rings is 3. The molecule has 0 saturated heterocycles. The average molecular weight is 340 g/mol. The lowest BCUT2D eigenvalue weighted by Gasteiger charge is -2.46. The molecule has 3 nitrogen and oxygen atoms in total. The van der Waals surface area contributed by atoms with E-state index < -0.39 is 5.72 Å². The van der Waals surface area contributed by atoms with Crippen LogP contribution < -0.4 is 4.74 Å².